The fraction of sp³-hybridized carbons (Fsp3) is 0.200. The summed E-state index contributed by atoms with van der Waals surface area (Å²) in [5, 5.41) is 14.4. The zero-order valence-corrected chi connectivity index (χ0v) is 18.1. The number of aromatic nitrogens is 5. The van der Waals surface area contributed by atoms with Gasteiger partial charge in [0.15, 0.2) is 5.65 Å². The minimum atomic E-state index is -0.102. The molecule has 8 nitrogen and oxygen atoms in total. The minimum Gasteiger partial charge on any atom is -0.392 e. The molecule has 30 heavy (non-hydrogen) atoms. The second kappa shape index (κ2) is 8.55. The van der Waals surface area contributed by atoms with Crippen molar-refractivity contribution in [2.24, 2.45) is 0 Å². The van der Waals surface area contributed by atoms with Crippen LogP contribution in [-0.2, 0) is 26.1 Å². The fourth-order valence-electron chi connectivity index (χ4n) is 3.25. The van der Waals surface area contributed by atoms with Crippen LogP contribution in [0.2, 0.25) is 5.28 Å². The van der Waals surface area contributed by atoms with Crippen molar-refractivity contribution in [3.05, 3.63) is 79.5 Å². The van der Waals surface area contributed by atoms with Gasteiger partial charge in [-0.3, -0.25) is 4.79 Å². The van der Waals surface area contributed by atoms with E-state index in [4.69, 9.17) is 17.3 Å². The number of aryl methyl sites for hydroxylation is 2. The molecule has 0 saturated carbocycles. The molecule has 4 rings (SSSR count). The first-order chi connectivity index (χ1) is 14.4. The van der Waals surface area contributed by atoms with Gasteiger partial charge in [0.1, 0.15) is 5.82 Å². The largest absolute Gasteiger partial charge is 0.392 e. The van der Waals surface area contributed by atoms with Crippen molar-refractivity contribution in [1.29, 1.82) is 0 Å². The number of rotatable bonds is 6. The Labute approximate surface area is 185 Å². The highest BCUT2D eigenvalue weighted by atomic mass is 79.9. The zero-order valence-electron chi connectivity index (χ0n) is 15.8. The number of nitrogens with two attached hydrogens (primary N) is 1. The third kappa shape index (κ3) is 4.23. The van der Waals surface area contributed by atoms with Crippen molar-refractivity contribution in [1.82, 2.24) is 24.3 Å². The number of aliphatic hydroxyl groups excluding tert-OH is 1. The van der Waals surface area contributed by atoms with E-state index in [1.807, 2.05) is 12.1 Å². The molecule has 0 amide bonds. The highest BCUT2D eigenvalue weighted by molar-refractivity contribution is 9.10. The first-order valence-electron chi connectivity index (χ1n) is 9.16. The lowest BCUT2D eigenvalue weighted by Gasteiger charge is -2.11. The molecule has 0 saturated heterocycles. The number of hydrogen-bond acceptors (Lipinski definition) is 6. The molecule has 154 valence electrons. The normalized spacial score (nSPS) is 11.3. The van der Waals surface area contributed by atoms with Crippen molar-refractivity contribution < 1.29 is 5.11 Å². The van der Waals surface area contributed by atoms with Crippen molar-refractivity contribution in [2.45, 2.75) is 26.1 Å². The van der Waals surface area contributed by atoms with Gasteiger partial charge in [-0.25, -0.2) is 9.67 Å². The van der Waals surface area contributed by atoms with Crippen LogP contribution in [0.25, 0.3) is 11.0 Å². The van der Waals surface area contributed by atoms with Crippen molar-refractivity contribution in [3.8, 4) is 0 Å². The van der Waals surface area contributed by atoms with Crippen LogP contribution in [0.3, 0.4) is 0 Å². The molecule has 0 atom stereocenters. The Kier molecular flexibility index (Phi) is 5.85. The molecular formula is C20H18BrClN6O2. The number of nitrogen functional groups attached to an aromatic ring is 1. The molecular weight excluding hydrogens is 472 g/mol. The van der Waals surface area contributed by atoms with Crippen LogP contribution < -0.4 is 11.3 Å². The van der Waals surface area contributed by atoms with Gasteiger partial charge in [-0.1, -0.05) is 28.1 Å². The smallest absolute Gasteiger partial charge is 0.250 e. The van der Waals surface area contributed by atoms with Crippen LogP contribution in [0.4, 0.5) is 5.82 Å². The molecule has 0 bridgehead atoms. The molecule has 4 aromatic rings. The molecule has 3 heterocycles. The Morgan fingerprint density at radius 1 is 1.17 bits per heavy atom. The lowest BCUT2D eigenvalue weighted by Crippen LogP contribution is -2.20. The summed E-state index contributed by atoms with van der Waals surface area (Å²) in [7, 11) is 0. The third-order valence-corrected chi connectivity index (χ3v) is 5.73. The zero-order chi connectivity index (χ0) is 21.3. The van der Waals surface area contributed by atoms with Gasteiger partial charge in [-0.15, -0.1) is 0 Å². The molecule has 3 aromatic heterocycles. The second-order valence-corrected chi connectivity index (χ2v) is 8.01. The standard InChI is InChI=1S/C20H18BrClN6O2/c21-16-3-1-12(10-28-19-15(8-24-28)18(23)25-20(22)26-19)7-14(16)5-6-27-9-13(11-29)2-4-17(27)30/h1-4,7-9,29H,5-6,10-11H2,(H2,23,25,26). The molecule has 3 N–H and O–H groups in total. The highest BCUT2D eigenvalue weighted by Gasteiger charge is 2.11. The summed E-state index contributed by atoms with van der Waals surface area (Å²) in [5.41, 5.74) is 9.14. The van der Waals surface area contributed by atoms with Gasteiger partial charge < -0.3 is 15.4 Å². The number of fused-ring (bicyclic) bond motifs is 1. The number of hydrogen-bond donors (Lipinski definition) is 2. The van der Waals surface area contributed by atoms with Gasteiger partial charge in [0.2, 0.25) is 5.28 Å². The lowest BCUT2D eigenvalue weighted by atomic mass is 10.1. The van der Waals surface area contributed by atoms with Gasteiger partial charge in [0.25, 0.3) is 5.56 Å². The summed E-state index contributed by atoms with van der Waals surface area (Å²) in [6.45, 7) is 0.880. The minimum absolute atomic E-state index is 0.0776. The molecule has 0 aliphatic heterocycles. The average Bonchev–Trinajstić information content (AvgIpc) is 3.12. The van der Waals surface area contributed by atoms with E-state index in [9.17, 15) is 9.90 Å². The number of benzene rings is 1. The number of anilines is 1. The molecule has 10 heteroatoms. The van der Waals surface area contributed by atoms with Crippen molar-refractivity contribution in [2.75, 3.05) is 5.73 Å². The van der Waals surface area contributed by atoms with Crippen LogP contribution in [0.15, 0.2) is 52.0 Å². The van der Waals surface area contributed by atoms with Gasteiger partial charge >= 0.3 is 0 Å². The molecule has 0 aliphatic rings. The maximum Gasteiger partial charge on any atom is 0.250 e. The van der Waals surface area contributed by atoms with E-state index < -0.39 is 0 Å². The summed E-state index contributed by atoms with van der Waals surface area (Å²) in [4.78, 5) is 20.3. The molecule has 0 unspecified atom stereocenters. The maximum absolute atomic E-state index is 12.1. The number of pyridine rings is 1. The summed E-state index contributed by atoms with van der Waals surface area (Å²) in [6.07, 6.45) is 3.95. The van der Waals surface area contributed by atoms with E-state index in [2.05, 4.69) is 37.1 Å². The van der Waals surface area contributed by atoms with Gasteiger partial charge in [-0.05, 0) is 46.8 Å². The molecule has 0 spiro atoms. The molecule has 0 radical (unpaired) electrons. The average molecular weight is 490 g/mol. The van der Waals surface area contributed by atoms with Crippen LogP contribution in [0.1, 0.15) is 16.7 Å². The Bertz CT molecular complexity index is 1290. The van der Waals surface area contributed by atoms with E-state index in [0.717, 1.165) is 15.6 Å². The molecule has 0 aliphatic carbocycles. The quantitative estimate of drug-likeness (QED) is 0.403. The third-order valence-electron chi connectivity index (χ3n) is 4.79. The Morgan fingerprint density at radius 3 is 2.77 bits per heavy atom. The number of nitrogens with zero attached hydrogens (tertiary/aromatic N) is 5. The summed E-state index contributed by atoms with van der Waals surface area (Å²) in [5.74, 6) is 0.295. The van der Waals surface area contributed by atoms with Crippen molar-refractivity contribution in [3.63, 3.8) is 0 Å². The first kappa shape index (κ1) is 20.5. The monoisotopic (exact) mass is 488 g/mol. The summed E-state index contributed by atoms with van der Waals surface area (Å²) in [6, 6.07) is 9.13. The predicted molar refractivity (Wildman–Crippen MR) is 118 cm³/mol. The Balaban J connectivity index is 1.58. The van der Waals surface area contributed by atoms with Crippen LogP contribution in [0.5, 0.6) is 0 Å². The number of halogens is 2. The fourth-order valence-corrected chi connectivity index (χ4v) is 3.86. The Hall–Kier alpha value is -2.75. The van der Waals surface area contributed by atoms with Crippen LogP contribution >= 0.6 is 27.5 Å². The first-order valence-corrected chi connectivity index (χ1v) is 10.3. The van der Waals surface area contributed by atoms with Crippen molar-refractivity contribution >= 4 is 44.4 Å². The maximum atomic E-state index is 12.1. The highest BCUT2D eigenvalue weighted by Crippen LogP contribution is 2.23. The summed E-state index contributed by atoms with van der Waals surface area (Å²) >= 11 is 9.53. The van der Waals surface area contributed by atoms with Crippen LogP contribution in [0, 0.1) is 0 Å². The van der Waals surface area contributed by atoms with Gasteiger partial charge in [-0.2, -0.15) is 10.1 Å². The SMILES string of the molecule is Nc1nc(Cl)nc2c1cnn2Cc1ccc(Br)c(CCn2cc(CO)ccc2=O)c1. The topological polar surface area (TPSA) is 112 Å². The lowest BCUT2D eigenvalue weighted by molar-refractivity contribution is 0.280. The van der Waals surface area contributed by atoms with E-state index in [0.29, 0.717) is 41.9 Å². The summed E-state index contributed by atoms with van der Waals surface area (Å²) < 4.78 is 4.28. The van der Waals surface area contributed by atoms with Gasteiger partial charge in [0.05, 0.1) is 24.7 Å². The van der Waals surface area contributed by atoms with E-state index in [-0.39, 0.29) is 17.4 Å². The molecule has 0 fully saturated rings. The molecule has 1 aromatic carbocycles. The van der Waals surface area contributed by atoms with E-state index >= 15 is 0 Å². The van der Waals surface area contributed by atoms with Crippen LogP contribution in [-0.4, -0.2) is 29.4 Å². The predicted octanol–water partition coefficient (Wildman–Crippen LogP) is 2.77. The second-order valence-electron chi connectivity index (χ2n) is 6.82. The number of aliphatic hydroxyl groups is 1. The van der Waals surface area contributed by atoms with Gasteiger partial charge in [0, 0.05) is 23.3 Å². The Morgan fingerprint density at radius 2 is 1.97 bits per heavy atom. The van der Waals surface area contributed by atoms with E-state index in [1.165, 1.54) is 6.07 Å². The van der Waals surface area contributed by atoms with E-state index in [1.54, 1.807) is 27.7 Å².